The van der Waals surface area contributed by atoms with E-state index in [2.05, 4.69) is 22.6 Å². The predicted octanol–water partition coefficient (Wildman–Crippen LogP) is 7.45. The van der Waals surface area contributed by atoms with Gasteiger partial charge in [0.25, 0.3) is 0 Å². The van der Waals surface area contributed by atoms with Gasteiger partial charge in [-0.1, -0.05) is 6.07 Å². The van der Waals surface area contributed by atoms with Crippen molar-refractivity contribution in [3.63, 3.8) is 0 Å². The molecule has 2 aromatic rings. The Morgan fingerprint density at radius 2 is 1.22 bits per heavy atom. The van der Waals surface area contributed by atoms with Crippen molar-refractivity contribution in [2.24, 2.45) is 0 Å². The molecule has 2 rings (SSSR count). The fraction of sp³-hybridized carbons (Fsp3) is 0.600. The topological polar surface area (TPSA) is 113 Å². The molecule has 0 saturated carbocycles. The molecule has 11 heteroatoms. The third-order valence-corrected chi connectivity index (χ3v) is 5.70. The van der Waals surface area contributed by atoms with Crippen LogP contribution in [0.2, 0.25) is 0 Å². The molecular formula is C30H43IN2O8. The van der Waals surface area contributed by atoms with Crippen molar-refractivity contribution in [1.29, 1.82) is 0 Å². The van der Waals surface area contributed by atoms with E-state index < -0.39 is 52.7 Å². The van der Waals surface area contributed by atoms with Crippen LogP contribution in [-0.2, 0) is 30.2 Å². The highest BCUT2D eigenvalue weighted by Gasteiger charge is 2.42. The summed E-state index contributed by atoms with van der Waals surface area (Å²) in [4.78, 5) is 54.5. The fourth-order valence-corrected chi connectivity index (χ4v) is 4.18. The first kappa shape index (κ1) is 34.4. The Balaban J connectivity index is 2.75. The van der Waals surface area contributed by atoms with Crippen molar-refractivity contribution in [3.05, 3.63) is 33.5 Å². The summed E-state index contributed by atoms with van der Waals surface area (Å²) in [5.74, 6) is -0.835. The summed E-state index contributed by atoms with van der Waals surface area (Å²) < 4.78 is 24.6. The van der Waals surface area contributed by atoms with Crippen molar-refractivity contribution >= 4 is 57.7 Å². The van der Waals surface area contributed by atoms with Crippen molar-refractivity contribution in [2.45, 2.75) is 118 Å². The number of hydrogen-bond acceptors (Lipinski definition) is 8. The molecule has 2 amide bonds. The summed E-state index contributed by atoms with van der Waals surface area (Å²) in [6.07, 6.45) is -1.36. The highest BCUT2D eigenvalue weighted by molar-refractivity contribution is 14.1. The predicted molar refractivity (Wildman–Crippen MR) is 164 cm³/mol. The summed E-state index contributed by atoms with van der Waals surface area (Å²) in [7, 11) is 0. The number of aromatic nitrogens is 1. The zero-order valence-electron chi connectivity index (χ0n) is 26.1. The number of nitrogens with zero attached hydrogens (tertiary/aromatic N) is 2. The lowest BCUT2D eigenvalue weighted by atomic mass is 10.0. The molecule has 0 radical (unpaired) electrons. The van der Waals surface area contributed by atoms with E-state index in [-0.39, 0.29) is 6.42 Å². The van der Waals surface area contributed by atoms with Crippen molar-refractivity contribution in [3.8, 4) is 0 Å². The Morgan fingerprint density at radius 3 is 1.66 bits per heavy atom. The molecule has 1 aromatic carbocycles. The second-order valence-electron chi connectivity index (χ2n) is 13.8. The number of fused-ring (bicyclic) bond motifs is 1. The van der Waals surface area contributed by atoms with E-state index in [0.717, 1.165) is 3.57 Å². The number of rotatable bonds is 4. The van der Waals surface area contributed by atoms with E-state index in [9.17, 15) is 19.2 Å². The number of carbonyl (C=O) groups excluding carboxylic acids is 4. The van der Waals surface area contributed by atoms with Gasteiger partial charge in [0.2, 0.25) is 0 Å². The van der Waals surface area contributed by atoms with Gasteiger partial charge in [0.1, 0.15) is 28.4 Å². The number of imide groups is 1. The Kier molecular flexibility index (Phi) is 10.2. The number of hydrogen-bond donors (Lipinski definition) is 0. The molecular weight excluding hydrogens is 643 g/mol. The molecule has 1 heterocycles. The smallest absolute Gasteiger partial charge is 0.420 e. The molecule has 10 nitrogen and oxygen atoms in total. The number of carbonyl (C=O) groups is 4. The molecule has 228 valence electrons. The van der Waals surface area contributed by atoms with Crippen LogP contribution in [0.25, 0.3) is 10.9 Å². The zero-order valence-corrected chi connectivity index (χ0v) is 28.3. The van der Waals surface area contributed by atoms with Crippen LogP contribution in [0.15, 0.2) is 24.4 Å². The maximum atomic E-state index is 13.7. The highest BCUT2D eigenvalue weighted by atomic mass is 127. The maximum Gasteiger partial charge on any atom is 0.420 e. The Labute approximate surface area is 256 Å². The van der Waals surface area contributed by atoms with E-state index in [1.807, 2.05) is 18.2 Å². The average molecular weight is 687 g/mol. The summed E-state index contributed by atoms with van der Waals surface area (Å²) in [6, 6.07) is 4.00. The van der Waals surface area contributed by atoms with Crippen molar-refractivity contribution in [1.82, 2.24) is 9.47 Å². The molecule has 0 saturated heterocycles. The van der Waals surface area contributed by atoms with Crippen LogP contribution in [0.5, 0.6) is 0 Å². The van der Waals surface area contributed by atoms with Gasteiger partial charge in [-0.05, 0) is 123 Å². The first-order valence-corrected chi connectivity index (χ1v) is 14.5. The van der Waals surface area contributed by atoms with Crippen LogP contribution < -0.4 is 0 Å². The molecule has 0 unspecified atom stereocenters. The van der Waals surface area contributed by atoms with E-state index in [0.29, 0.717) is 21.4 Å². The molecule has 1 atom stereocenters. The molecule has 0 bridgehead atoms. The second kappa shape index (κ2) is 12.2. The van der Waals surface area contributed by atoms with Gasteiger partial charge in [-0.3, -0.25) is 4.57 Å². The first-order valence-electron chi connectivity index (χ1n) is 13.4. The molecule has 0 fully saturated rings. The van der Waals surface area contributed by atoms with Crippen molar-refractivity contribution < 1.29 is 38.1 Å². The quantitative estimate of drug-likeness (QED) is 0.185. The molecule has 1 aromatic heterocycles. The Morgan fingerprint density at radius 1 is 0.756 bits per heavy atom. The van der Waals surface area contributed by atoms with Crippen LogP contribution in [0.3, 0.4) is 0 Å². The molecule has 0 spiro atoms. The van der Waals surface area contributed by atoms with Crippen LogP contribution >= 0.6 is 22.6 Å². The van der Waals surface area contributed by atoms with Gasteiger partial charge in [0.15, 0.2) is 0 Å². The minimum absolute atomic E-state index is 0.180. The van der Waals surface area contributed by atoms with Crippen LogP contribution in [0.1, 0.15) is 88.6 Å². The normalized spacial score (nSPS) is 13.4. The molecule has 0 aliphatic heterocycles. The zero-order chi connectivity index (χ0) is 31.7. The largest absolute Gasteiger partial charge is 0.458 e. The lowest BCUT2D eigenvalue weighted by Crippen LogP contribution is -2.54. The lowest BCUT2D eigenvalue weighted by Gasteiger charge is -2.33. The maximum absolute atomic E-state index is 13.7. The number of esters is 1. The monoisotopic (exact) mass is 686 g/mol. The third-order valence-electron chi connectivity index (χ3n) is 5.02. The van der Waals surface area contributed by atoms with E-state index in [1.165, 1.54) is 4.57 Å². The van der Waals surface area contributed by atoms with Crippen LogP contribution in [0.4, 0.5) is 14.4 Å². The lowest BCUT2D eigenvalue weighted by molar-refractivity contribution is -0.161. The number of benzene rings is 1. The summed E-state index contributed by atoms with van der Waals surface area (Å²) in [5, 5.41) is 0.637. The minimum Gasteiger partial charge on any atom is -0.458 e. The number of ether oxygens (including phenoxy) is 4. The number of amides is 2. The van der Waals surface area contributed by atoms with Crippen LogP contribution in [0, 0.1) is 3.57 Å². The average Bonchev–Trinajstić information content (AvgIpc) is 3.05. The molecule has 41 heavy (non-hydrogen) atoms. The molecule has 0 aliphatic carbocycles. The van der Waals surface area contributed by atoms with Gasteiger partial charge in [-0.2, -0.15) is 4.90 Å². The Bertz CT molecular complexity index is 1280. The standard InChI is InChI=1S/C30H43IN2O8/c1-27(2,3)38-23(34)22(33(25(36)40-29(7,8)9)26(37)41-30(10,11)12)15-18-17-32(24(35)39-28(4,5)6)21-16-19(31)13-14-20(18)21/h13-14,16-17,22H,15H2,1-12H3/t22-/m0/s1. The number of halogens is 1. The van der Waals surface area contributed by atoms with E-state index >= 15 is 0 Å². The Hall–Kier alpha value is -2.83. The van der Waals surface area contributed by atoms with Gasteiger partial charge in [-0.25, -0.2) is 19.2 Å². The van der Waals surface area contributed by atoms with Gasteiger partial charge in [-0.15, -0.1) is 0 Å². The first-order chi connectivity index (χ1) is 18.4. The molecule has 0 N–H and O–H groups in total. The summed E-state index contributed by atoms with van der Waals surface area (Å²) in [6.45, 7) is 20.2. The highest BCUT2D eigenvalue weighted by Crippen LogP contribution is 2.29. The van der Waals surface area contributed by atoms with Gasteiger partial charge < -0.3 is 18.9 Å². The fourth-order valence-electron chi connectivity index (χ4n) is 3.70. The minimum atomic E-state index is -1.48. The summed E-state index contributed by atoms with van der Waals surface area (Å²) >= 11 is 2.14. The second-order valence-corrected chi connectivity index (χ2v) is 15.0. The summed E-state index contributed by atoms with van der Waals surface area (Å²) in [5.41, 5.74) is -2.57. The SMILES string of the molecule is CC(C)(C)OC(=O)[C@H](Cc1cn(C(=O)OC(C)(C)C)c2cc(I)ccc12)N(C(=O)OC(C)(C)C)C(=O)OC(C)(C)C. The van der Waals surface area contributed by atoms with Gasteiger partial charge >= 0.3 is 24.2 Å². The van der Waals surface area contributed by atoms with Crippen molar-refractivity contribution in [2.75, 3.05) is 0 Å². The van der Waals surface area contributed by atoms with E-state index in [4.69, 9.17) is 18.9 Å². The third kappa shape index (κ3) is 10.5. The molecule has 0 aliphatic rings. The van der Waals surface area contributed by atoms with Crippen LogP contribution in [-0.4, -0.2) is 62.2 Å². The van der Waals surface area contributed by atoms with Gasteiger partial charge in [0.05, 0.1) is 5.52 Å². The van der Waals surface area contributed by atoms with Gasteiger partial charge in [0, 0.05) is 21.6 Å². The van der Waals surface area contributed by atoms with E-state index in [1.54, 1.807) is 89.3 Å².